The maximum atomic E-state index is 13.7. The van der Waals surface area contributed by atoms with E-state index in [-0.39, 0.29) is 5.75 Å². The molecule has 1 aliphatic rings. The Morgan fingerprint density at radius 2 is 2.33 bits per heavy atom. The molecule has 0 unspecified atom stereocenters. The summed E-state index contributed by atoms with van der Waals surface area (Å²) in [7, 11) is 0. The maximum Gasteiger partial charge on any atom is 0.137 e. The highest BCUT2D eigenvalue weighted by molar-refractivity contribution is 7.13. The zero-order valence-electron chi connectivity index (χ0n) is 9.69. The Kier molecular flexibility index (Phi) is 3.01. The summed E-state index contributed by atoms with van der Waals surface area (Å²) in [5.41, 5.74) is 1.43. The number of rotatable bonds is 2. The van der Waals surface area contributed by atoms with Gasteiger partial charge in [-0.15, -0.1) is 11.3 Å². The fourth-order valence-electron chi connectivity index (χ4n) is 2.18. The van der Waals surface area contributed by atoms with Crippen molar-refractivity contribution in [2.75, 3.05) is 6.54 Å². The summed E-state index contributed by atoms with van der Waals surface area (Å²) in [6.07, 6.45) is 2.24. The van der Waals surface area contributed by atoms with Crippen LogP contribution in [0.2, 0.25) is 0 Å². The number of phenolic OH excluding ortho intramolecular Hbond substituents is 1. The van der Waals surface area contributed by atoms with Crippen LogP contribution in [0.3, 0.4) is 0 Å². The van der Waals surface area contributed by atoms with Crippen LogP contribution < -0.4 is 5.32 Å². The van der Waals surface area contributed by atoms with Gasteiger partial charge in [0.05, 0.1) is 11.7 Å². The van der Waals surface area contributed by atoms with Gasteiger partial charge in [0.25, 0.3) is 0 Å². The number of phenols is 1. The molecule has 0 aliphatic carbocycles. The Bertz CT molecular complexity index is 564. The van der Waals surface area contributed by atoms with Crippen LogP contribution in [-0.4, -0.2) is 16.6 Å². The summed E-state index contributed by atoms with van der Waals surface area (Å²) < 4.78 is 13.7. The van der Waals surface area contributed by atoms with Crippen LogP contribution >= 0.6 is 11.3 Å². The highest BCUT2D eigenvalue weighted by Crippen LogP contribution is 2.31. The fourth-order valence-corrected chi connectivity index (χ4v) is 3.08. The molecular formula is C13H13FN2OS. The maximum absolute atomic E-state index is 13.7. The molecule has 1 atom stereocenters. The summed E-state index contributed by atoms with van der Waals surface area (Å²) >= 11 is 1.44. The number of benzene rings is 1. The zero-order valence-corrected chi connectivity index (χ0v) is 10.5. The average Bonchev–Trinajstić information content (AvgIpc) is 2.99. The number of halogens is 1. The van der Waals surface area contributed by atoms with E-state index in [1.165, 1.54) is 17.4 Å². The number of nitrogens with zero attached hydrogens (tertiary/aromatic N) is 1. The molecule has 94 valence electrons. The Balaban J connectivity index is 1.92. The van der Waals surface area contributed by atoms with Gasteiger partial charge < -0.3 is 10.4 Å². The summed E-state index contributed by atoms with van der Waals surface area (Å²) in [6.45, 7) is 1.02. The first-order chi connectivity index (χ1) is 8.74. The largest absolute Gasteiger partial charge is 0.508 e. The van der Waals surface area contributed by atoms with Gasteiger partial charge >= 0.3 is 0 Å². The Labute approximate surface area is 108 Å². The van der Waals surface area contributed by atoms with Crippen molar-refractivity contribution in [2.24, 2.45) is 0 Å². The summed E-state index contributed by atoms with van der Waals surface area (Å²) in [5, 5.41) is 15.2. The second kappa shape index (κ2) is 4.66. The SMILES string of the molecule is Oc1ccc(-c2nc([C@@H]3CCCN3)cs2)c(F)c1. The molecule has 3 nitrogen and oxygen atoms in total. The average molecular weight is 264 g/mol. The Morgan fingerprint density at radius 3 is 3.06 bits per heavy atom. The molecule has 0 amide bonds. The first-order valence-electron chi connectivity index (χ1n) is 5.92. The fraction of sp³-hybridized carbons (Fsp3) is 0.308. The monoisotopic (exact) mass is 264 g/mol. The second-order valence-corrected chi connectivity index (χ2v) is 5.25. The van der Waals surface area contributed by atoms with Crippen LogP contribution in [0.5, 0.6) is 5.75 Å². The molecule has 0 saturated carbocycles. The van der Waals surface area contributed by atoms with E-state index in [4.69, 9.17) is 0 Å². The smallest absolute Gasteiger partial charge is 0.137 e. The lowest BCUT2D eigenvalue weighted by Crippen LogP contribution is -2.12. The van der Waals surface area contributed by atoms with Crippen molar-refractivity contribution in [2.45, 2.75) is 18.9 Å². The van der Waals surface area contributed by atoms with E-state index < -0.39 is 5.82 Å². The third-order valence-corrected chi connectivity index (χ3v) is 4.02. The molecule has 0 bridgehead atoms. The number of aromatic hydroxyl groups is 1. The molecule has 2 aromatic rings. The third kappa shape index (κ3) is 2.11. The van der Waals surface area contributed by atoms with E-state index >= 15 is 0 Å². The Hall–Kier alpha value is -1.46. The molecule has 5 heteroatoms. The molecule has 0 radical (unpaired) electrons. The van der Waals surface area contributed by atoms with Crippen LogP contribution in [0.4, 0.5) is 4.39 Å². The molecule has 2 N–H and O–H groups in total. The number of aromatic nitrogens is 1. The van der Waals surface area contributed by atoms with Gasteiger partial charge in [-0.2, -0.15) is 0 Å². The van der Waals surface area contributed by atoms with Crippen molar-refractivity contribution in [1.29, 1.82) is 0 Å². The van der Waals surface area contributed by atoms with E-state index in [0.29, 0.717) is 16.6 Å². The van der Waals surface area contributed by atoms with Crippen molar-refractivity contribution in [1.82, 2.24) is 10.3 Å². The van der Waals surface area contributed by atoms with Crippen LogP contribution in [0.15, 0.2) is 23.6 Å². The van der Waals surface area contributed by atoms with Crippen LogP contribution in [0, 0.1) is 5.82 Å². The van der Waals surface area contributed by atoms with E-state index in [1.54, 1.807) is 6.07 Å². The van der Waals surface area contributed by atoms with Gasteiger partial charge in [0.1, 0.15) is 16.6 Å². The van der Waals surface area contributed by atoms with Crippen LogP contribution in [-0.2, 0) is 0 Å². The van der Waals surface area contributed by atoms with Gasteiger partial charge in [-0.3, -0.25) is 0 Å². The molecule has 0 spiro atoms. The van der Waals surface area contributed by atoms with Crippen molar-refractivity contribution >= 4 is 11.3 Å². The third-order valence-electron chi connectivity index (χ3n) is 3.12. The highest BCUT2D eigenvalue weighted by atomic mass is 32.1. The van der Waals surface area contributed by atoms with Crippen molar-refractivity contribution < 1.29 is 9.50 Å². The molecule has 1 fully saturated rings. The van der Waals surface area contributed by atoms with Gasteiger partial charge in [0.2, 0.25) is 0 Å². The Morgan fingerprint density at radius 1 is 1.44 bits per heavy atom. The van der Waals surface area contributed by atoms with Crippen molar-refractivity contribution in [3.8, 4) is 16.3 Å². The number of nitrogens with one attached hydrogen (secondary N) is 1. The first kappa shape index (κ1) is 11.6. The van der Waals surface area contributed by atoms with E-state index in [0.717, 1.165) is 31.1 Å². The molecule has 1 aliphatic heterocycles. The summed E-state index contributed by atoms with van der Waals surface area (Å²) in [4.78, 5) is 4.49. The lowest BCUT2D eigenvalue weighted by Gasteiger charge is -2.05. The lowest BCUT2D eigenvalue weighted by atomic mass is 10.2. The first-order valence-corrected chi connectivity index (χ1v) is 6.80. The summed E-state index contributed by atoms with van der Waals surface area (Å²) in [5.74, 6) is -0.499. The molecule has 3 rings (SSSR count). The standard InChI is InChI=1S/C13H13FN2OS/c14-10-6-8(17)3-4-9(10)13-16-12(7-18-13)11-2-1-5-15-11/h3-4,6-7,11,15,17H,1-2,5H2/t11-/m0/s1. The van der Waals surface area contributed by atoms with E-state index in [1.807, 2.05) is 5.38 Å². The van der Waals surface area contributed by atoms with E-state index in [9.17, 15) is 9.50 Å². The minimum absolute atomic E-state index is 0.0644. The predicted molar refractivity (Wildman–Crippen MR) is 69.2 cm³/mol. The summed E-state index contributed by atoms with van der Waals surface area (Å²) in [6, 6.07) is 4.46. The molecule has 1 aromatic heterocycles. The molecular weight excluding hydrogens is 251 g/mol. The molecule has 18 heavy (non-hydrogen) atoms. The van der Waals surface area contributed by atoms with Gasteiger partial charge in [-0.05, 0) is 31.5 Å². The topological polar surface area (TPSA) is 45.2 Å². The second-order valence-electron chi connectivity index (χ2n) is 4.39. The molecule has 1 aromatic carbocycles. The van der Waals surface area contributed by atoms with Crippen LogP contribution in [0.25, 0.3) is 10.6 Å². The van der Waals surface area contributed by atoms with Crippen molar-refractivity contribution in [3.05, 3.63) is 35.1 Å². The number of thiazole rings is 1. The normalized spacial score (nSPS) is 19.3. The molecule has 1 saturated heterocycles. The lowest BCUT2D eigenvalue weighted by molar-refractivity contribution is 0.469. The van der Waals surface area contributed by atoms with Gasteiger partial charge in [-0.25, -0.2) is 9.37 Å². The minimum Gasteiger partial charge on any atom is -0.508 e. The van der Waals surface area contributed by atoms with Crippen LogP contribution in [0.1, 0.15) is 24.6 Å². The number of hydrogen-bond acceptors (Lipinski definition) is 4. The van der Waals surface area contributed by atoms with E-state index in [2.05, 4.69) is 10.3 Å². The zero-order chi connectivity index (χ0) is 12.5. The van der Waals surface area contributed by atoms with Gasteiger partial charge in [0, 0.05) is 17.0 Å². The predicted octanol–water partition coefficient (Wildman–Crippen LogP) is 3.08. The minimum atomic E-state index is -0.435. The molecule has 2 heterocycles. The highest BCUT2D eigenvalue weighted by Gasteiger charge is 2.20. The van der Waals surface area contributed by atoms with Gasteiger partial charge in [0.15, 0.2) is 0 Å². The quantitative estimate of drug-likeness (QED) is 0.876. The number of hydrogen-bond donors (Lipinski definition) is 2. The van der Waals surface area contributed by atoms with Gasteiger partial charge in [-0.1, -0.05) is 0 Å². The van der Waals surface area contributed by atoms with Crippen molar-refractivity contribution in [3.63, 3.8) is 0 Å².